The van der Waals surface area contributed by atoms with Gasteiger partial charge in [-0.1, -0.05) is 127 Å². The van der Waals surface area contributed by atoms with Crippen molar-refractivity contribution in [3.8, 4) is 0 Å². The van der Waals surface area contributed by atoms with Gasteiger partial charge in [0.25, 0.3) is 0 Å². The summed E-state index contributed by atoms with van der Waals surface area (Å²) in [6.45, 7) is 0. The molecule has 0 fully saturated rings. The SMILES string of the molecule is c1ccc(C2N=C(c3cccc(C4=NC(c5ccccc5)C(c5ccccc5)O4)n3)OC2c2ccccc2)cc1. The van der Waals surface area contributed by atoms with E-state index in [4.69, 9.17) is 24.4 Å². The fraction of sp³-hybridized carbons (Fsp3) is 0.114. The van der Waals surface area contributed by atoms with Crippen molar-refractivity contribution in [2.24, 2.45) is 9.98 Å². The van der Waals surface area contributed by atoms with Crippen molar-refractivity contribution in [2.45, 2.75) is 24.3 Å². The number of benzene rings is 4. The maximum absolute atomic E-state index is 6.51. The van der Waals surface area contributed by atoms with Gasteiger partial charge in [0.15, 0.2) is 12.2 Å². The Morgan fingerprint density at radius 1 is 0.375 bits per heavy atom. The van der Waals surface area contributed by atoms with E-state index in [0.717, 1.165) is 22.3 Å². The van der Waals surface area contributed by atoms with Gasteiger partial charge in [0.1, 0.15) is 23.5 Å². The summed E-state index contributed by atoms with van der Waals surface area (Å²) in [7, 11) is 0. The van der Waals surface area contributed by atoms with Crippen LogP contribution in [0.15, 0.2) is 150 Å². The molecule has 4 aromatic carbocycles. The van der Waals surface area contributed by atoms with Crippen LogP contribution in [0.3, 0.4) is 0 Å². The zero-order valence-corrected chi connectivity index (χ0v) is 21.7. The Kier molecular flexibility index (Phi) is 6.38. The fourth-order valence-electron chi connectivity index (χ4n) is 5.33. The van der Waals surface area contributed by atoms with Crippen molar-refractivity contribution in [3.05, 3.63) is 173 Å². The summed E-state index contributed by atoms with van der Waals surface area (Å²) in [4.78, 5) is 15.0. The second kappa shape index (κ2) is 10.6. The topological polar surface area (TPSA) is 56.1 Å². The average molecular weight is 522 g/mol. The number of ether oxygens (including phenoxy) is 2. The van der Waals surface area contributed by atoms with Gasteiger partial charge in [-0.3, -0.25) is 0 Å². The summed E-state index contributed by atoms with van der Waals surface area (Å²) in [6, 6.07) is 46.4. The molecule has 0 N–H and O–H groups in total. The first-order chi connectivity index (χ1) is 19.8. The van der Waals surface area contributed by atoms with E-state index in [2.05, 4.69) is 48.5 Å². The number of hydrogen-bond donors (Lipinski definition) is 0. The van der Waals surface area contributed by atoms with Gasteiger partial charge in [-0.15, -0.1) is 0 Å². The lowest BCUT2D eigenvalue weighted by molar-refractivity contribution is 0.195. The quantitative estimate of drug-likeness (QED) is 0.231. The minimum atomic E-state index is -0.242. The third kappa shape index (κ3) is 4.67. The van der Waals surface area contributed by atoms with E-state index in [0.29, 0.717) is 23.2 Å². The third-order valence-corrected chi connectivity index (χ3v) is 7.29. The molecule has 3 heterocycles. The summed E-state index contributed by atoms with van der Waals surface area (Å²) >= 11 is 0. The van der Waals surface area contributed by atoms with Crippen LogP contribution in [0.2, 0.25) is 0 Å². The van der Waals surface area contributed by atoms with E-state index in [9.17, 15) is 0 Å². The molecule has 0 bridgehead atoms. The summed E-state index contributed by atoms with van der Waals surface area (Å²) in [5, 5.41) is 0. The molecule has 0 radical (unpaired) electrons. The lowest BCUT2D eigenvalue weighted by atomic mass is 9.97. The highest BCUT2D eigenvalue weighted by Gasteiger charge is 2.36. The molecule has 2 aliphatic rings. The molecular formula is C35H27N3O2. The van der Waals surface area contributed by atoms with Crippen LogP contribution >= 0.6 is 0 Å². The Morgan fingerprint density at radius 2 is 0.725 bits per heavy atom. The summed E-state index contributed by atoms with van der Waals surface area (Å²) in [5.74, 6) is 1.03. The zero-order valence-electron chi connectivity index (χ0n) is 21.7. The van der Waals surface area contributed by atoms with E-state index in [1.54, 1.807) is 0 Å². The molecule has 0 amide bonds. The highest BCUT2D eigenvalue weighted by Crippen LogP contribution is 2.42. The smallest absolute Gasteiger partial charge is 0.236 e. The van der Waals surface area contributed by atoms with Crippen molar-refractivity contribution in [3.63, 3.8) is 0 Å². The lowest BCUT2D eigenvalue weighted by Crippen LogP contribution is -2.13. The number of hydrogen-bond acceptors (Lipinski definition) is 5. The predicted octanol–water partition coefficient (Wildman–Crippen LogP) is 7.60. The van der Waals surface area contributed by atoms with E-state index < -0.39 is 0 Å². The Hall–Kier alpha value is -5.03. The molecule has 4 unspecified atom stereocenters. The molecular weight excluding hydrogens is 494 g/mol. The van der Waals surface area contributed by atoms with Crippen molar-refractivity contribution in [1.82, 2.24) is 4.98 Å². The molecule has 0 saturated carbocycles. The highest BCUT2D eigenvalue weighted by molar-refractivity contribution is 5.97. The molecule has 0 spiro atoms. The van der Waals surface area contributed by atoms with Gasteiger partial charge in [0.05, 0.1) is 0 Å². The summed E-state index contributed by atoms with van der Waals surface area (Å²) < 4.78 is 13.0. The number of nitrogens with zero attached hydrogens (tertiary/aromatic N) is 3. The predicted molar refractivity (Wildman–Crippen MR) is 156 cm³/mol. The van der Waals surface area contributed by atoms with Crippen molar-refractivity contribution < 1.29 is 9.47 Å². The second-order valence-corrected chi connectivity index (χ2v) is 9.89. The van der Waals surface area contributed by atoms with Gasteiger partial charge in [0.2, 0.25) is 11.8 Å². The molecule has 5 aromatic rings. The largest absolute Gasteiger partial charge is 0.465 e. The van der Waals surface area contributed by atoms with Crippen LogP contribution < -0.4 is 0 Å². The maximum Gasteiger partial charge on any atom is 0.236 e. The average Bonchev–Trinajstić information content (AvgIpc) is 3.69. The number of aromatic nitrogens is 1. The maximum atomic E-state index is 6.51. The van der Waals surface area contributed by atoms with E-state index in [1.807, 2.05) is 91.0 Å². The Bertz CT molecular complexity index is 1530. The number of pyridine rings is 1. The van der Waals surface area contributed by atoms with Gasteiger partial charge in [-0.2, -0.15) is 0 Å². The van der Waals surface area contributed by atoms with Crippen LogP contribution in [0.25, 0.3) is 0 Å². The molecule has 2 aliphatic heterocycles. The molecule has 5 heteroatoms. The highest BCUT2D eigenvalue weighted by atomic mass is 16.5. The van der Waals surface area contributed by atoms with Crippen LogP contribution in [0.4, 0.5) is 0 Å². The van der Waals surface area contributed by atoms with Crippen molar-refractivity contribution in [2.75, 3.05) is 0 Å². The minimum Gasteiger partial charge on any atom is -0.465 e. The van der Waals surface area contributed by atoms with Crippen LogP contribution in [0.1, 0.15) is 57.9 Å². The van der Waals surface area contributed by atoms with Crippen molar-refractivity contribution in [1.29, 1.82) is 0 Å². The molecule has 0 saturated heterocycles. The van der Waals surface area contributed by atoms with Crippen LogP contribution in [0, 0.1) is 0 Å². The van der Waals surface area contributed by atoms with Gasteiger partial charge in [0, 0.05) is 0 Å². The van der Waals surface area contributed by atoms with Gasteiger partial charge < -0.3 is 9.47 Å². The van der Waals surface area contributed by atoms with Gasteiger partial charge in [-0.05, 0) is 34.4 Å². The number of rotatable bonds is 6. The Labute approximate surface area is 233 Å². The fourth-order valence-corrected chi connectivity index (χ4v) is 5.33. The molecule has 1 aromatic heterocycles. The van der Waals surface area contributed by atoms with Gasteiger partial charge >= 0.3 is 0 Å². The normalized spacial score (nSPS) is 21.7. The first-order valence-electron chi connectivity index (χ1n) is 13.5. The molecule has 5 nitrogen and oxygen atoms in total. The molecule has 0 aliphatic carbocycles. The third-order valence-electron chi connectivity index (χ3n) is 7.29. The Morgan fingerprint density at radius 3 is 1.10 bits per heavy atom. The zero-order chi connectivity index (χ0) is 26.7. The summed E-state index contributed by atoms with van der Waals surface area (Å²) in [5.41, 5.74) is 5.66. The van der Waals surface area contributed by atoms with E-state index in [1.165, 1.54) is 0 Å². The minimum absolute atomic E-state index is 0.172. The van der Waals surface area contributed by atoms with Crippen molar-refractivity contribution >= 4 is 11.8 Å². The second-order valence-electron chi connectivity index (χ2n) is 9.89. The van der Waals surface area contributed by atoms with E-state index in [-0.39, 0.29) is 24.3 Å². The number of aliphatic imine (C=N–C) groups is 2. The van der Waals surface area contributed by atoms with Crippen LogP contribution in [0.5, 0.6) is 0 Å². The van der Waals surface area contributed by atoms with Gasteiger partial charge in [-0.25, -0.2) is 15.0 Å². The molecule has 4 atom stereocenters. The molecule has 194 valence electrons. The standard InChI is InChI=1S/C35H27N3O2/c1-5-14-24(15-6-1)30-32(26-18-9-3-10-19-26)39-34(37-30)28-22-13-23-29(36-28)35-38-31(25-16-7-2-8-17-25)33(40-35)27-20-11-4-12-21-27/h1-23,30-33H. The van der Waals surface area contributed by atoms with Crippen LogP contribution in [-0.4, -0.2) is 16.8 Å². The lowest BCUT2D eigenvalue weighted by Gasteiger charge is -2.18. The van der Waals surface area contributed by atoms with E-state index >= 15 is 0 Å². The molecule has 40 heavy (non-hydrogen) atoms. The first-order valence-corrected chi connectivity index (χ1v) is 13.5. The Balaban J connectivity index is 1.23. The first kappa shape index (κ1) is 24.0. The summed E-state index contributed by atoms with van der Waals surface area (Å²) in [6.07, 6.45) is -0.483. The van der Waals surface area contributed by atoms with Crippen LogP contribution in [-0.2, 0) is 9.47 Å². The molecule has 7 rings (SSSR count). The monoisotopic (exact) mass is 521 g/mol.